The van der Waals surface area contributed by atoms with Crippen LogP contribution < -0.4 is 0 Å². The standard InChI is InChI=1S/C22H25N3O2/c26-20(13-18-5-2-1-3-6-18)24-11-8-22(9-12-24)14-21(27)25(17-22)16-19-7-4-10-23-15-19/h1-7,10,15H,8-9,11-14,16-17H2. The molecule has 3 heterocycles. The van der Waals surface area contributed by atoms with Crippen LogP contribution in [0.3, 0.4) is 0 Å². The monoisotopic (exact) mass is 363 g/mol. The summed E-state index contributed by atoms with van der Waals surface area (Å²) in [6.07, 6.45) is 6.45. The van der Waals surface area contributed by atoms with Crippen LogP contribution in [0.25, 0.3) is 0 Å². The van der Waals surface area contributed by atoms with Crippen molar-refractivity contribution in [2.45, 2.75) is 32.2 Å². The molecule has 0 atom stereocenters. The topological polar surface area (TPSA) is 53.5 Å². The summed E-state index contributed by atoms with van der Waals surface area (Å²) in [5.74, 6) is 0.413. The van der Waals surface area contributed by atoms with Gasteiger partial charge in [0, 0.05) is 50.4 Å². The van der Waals surface area contributed by atoms with Gasteiger partial charge < -0.3 is 9.80 Å². The molecule has 5 heteroatoms. The molecule has 0 aliphatic carbocycles. The van der Waals surface area contributed by atoms with E-state index in [1.165, 1.54) is 0 Å². The molecule has 4 rings (SSSR count). The first-order valence-electron chi connectivity index (χ1n) is 9.62. The molecule has 27 heavy (non-hydrogen) atoms. The Kier molecular flexibility index (Phi) is 4.92. The number of hydrogen-bond acceptors (Lipinski definition) is 3. The molecule has 1 aromatic heterocycles. The number of carbonyl (C=O) groups is 2. The molecule has 0 unspecified atom stereocenters. The summed E-state index contributed by atoms with van der Waals surface area (Å²) in [7, 11) is 0. The van der Waals surface area contributed by atoms with Crippen LogP contribution in [0.1, 0.15) is 30.4 Å². The van der Waals surface area contributed by atoms with Crippen LogP contribution in [0, 0.1) is 5.41 Å². The molecule has 0 saturated carbocycles. The van der Waals surface area contributed by atoms with E-state index in [-0.39, 0.29) is 17.2 Å². The number of piperidine rings is 1. The quantitative estimate of drug-likeness (QED) is 0.839. The summed E-state index contributed by atoms with van der Waals surface area (Å²) in [6.45, 7) is 2.92. The Morgan fingerprint density at radius 3 is 2.48 bits per heavy atom. The average Bonchev–Trinajstić information content (AvgIpc) is 2.98. The molecule has 2 saturated heterocycles. The summed E-state index contributed by atoms with van der Waals surface area (Å²) >= 11 is 0. The largest absolute Gasteiger partial charge is 0.342 e. The van der Waals surface area contributed by atoms with Gasteiger partial charge in [-0.15, -0.1) is 0 Å². The van der Waals surface area contributed by atoms with Crippen molar-refractivity contribution >= 4 is 11.8 Å². The van der Waals surface area contributed by atoms with Crippen LogP contribution in [-0.4, -0.2) is 46.2 Å². The van der Waals surface area contributed by atoms with Crippen LogP contribution in [-0.2, 0) is 22.6 Å². The van der Waals surface area contributed by atoms with Gasteiger partial charge in [0.2, 0.25) is 11.8 Å². The molecule has 1 aromatic carbocycles. The Morgan fingerprint density at radius 2 is 1.78 bits per heavy atom. The fourth-order valence-corrected chi connectivity index (χ4v) is 4.29. The lowest BCUT2D eigenvalue weighted by molar-refractivity contribution is -0.132. The van der Waals surface area contributed by atoms with Crippen LogP contribution in [0.5, 0.6) is 0 Å². The fourth-order valence-electron chi connectivity index (χ4n) is 4.29. The van der Waals surface area contributed by atoms with Crippen LogP contribution in [0.15, 0.2) is 54.9 Å². The van der Waals surface area contributed by atoms with Gasteiger partial charge in [0.15, 0.2) is 0 Å². The maximum absolute atomic E-state index is 12.6. The first kappa shape index (κ1) is 17.7. The average molecular weight is 363 g/mol. The molecular weight excluding hydrogens is 338 g/mol. The smallest absolute Gasteiger partial charge is 0.226 e. The second kappa shape index (κ2) is 7.51. The van der Waals surface area contributed by atoms with Gasteiger partial charge in [0.05, 0.1) is 6.42 Å². The zero-order valence-corrected chi connectivity index (χ0v) is 15.5. The van der Waals surface area contributed by atoms with Gasteiger partial charge >= 0.3 is 0 Å². The lowest BCUT2D eigenvalue weighted by Crippen LogP contribution is -2.44. The summed E-state index contributed by atoms with van der Waals surface area (Å²) in [6, 6.07) is 13.8. The van der Waals surface area contributed by atoms with Crippen molar-refractivity contribution in [3.05, 3.63) is 66.0 Å². The fraction of sp³-hybridized carbons (Fsp3) is 0.409. The van der Waals surface area contributed by atoms with Gasteiger partial charge in [0.1, 0.15) is 0 Å². The maximum atomic E-state index is 12.6. The summed E-state index contributed by atoms with van der Waals surface area (Å²) in [4.78, 5) is 33.2. The summed E-state index contributed by atoms with van der Waals surface area (Å²) in [5.41, 5.74) is 2.16. The van der Waals surface area contributed by atoms with E-state index in [1.54, 1.807) is 6.20 Å². The Labute approximate surface area is 160 Å². The van der Waals surface area contributed by atoms with E-state index < -0.39 is 0 Å². The Morgan fingerprint density at radius 1 is 1.04 bits per heavy atom. The number of benzene rings is 1. The number of aromatic nitrogens is 1. The molecule has 2 aliphatic rings. The van der Waals surface area contributed by atoms with E-state index in [0.717, 1.165) is 43.6 Å². The highest BCUT2D eigenvalue weighted by atomic mass is 16.2. The van der Waals surface area contributed by atoms with Gasteiger partial charge in [-0.25, -0.2) is 0 Å². The second-order valence-electron chi connectivity index (χ2n) is 7.83. The minimum atomic E-state index is 0.0306. The van der Waals surface area contributed by atoms with Crippen molar-refractivity contribution in [2.24, 2.45) is 5.41 Å². The Bertz CT molecular complexity index is 799. The van der Waals surface area contributed by atoms with Crippen molar-refractivity contribution in [1.29, 1.82) is 0 Å². The normalized spacial score (nSPS) is 18.9. The minimum absolute atomic E-state index is 0.0306. The van der Waals surface area contributed by atoms with E-state index in [2.05, 4.69) is 4.98 Å². The first-order chi connectivity index (χ1) is 13.1. The third-order valence-corrected chi connectivity index (χ3v) is 5.88. The molecule has 140 valence electrons. The van der Waals surface area contributed by atoms with Gasteiger partial charge in [-0.05, 0) is 30.0 Å². The number of hydrogen-bond donors (Lipinski definition) is 0. The lowest BCUT2D eigenvalue weighted by atomic mass is 9.77. The molecule has 0 bridgehead atoms. The molecule has 1 spiro atoms. The maximum Gasteiger partial charge on any atom is 0.226 e. The molecule has 2 amide bonds. The van der Waals surface area contributed by atoms with Gasteiger partial charge in [-0.2, -0.15) is 0 Å². The van der Waals surface area contributed by atoms with Crippen LogP contribution >= 0.6 is 0 Å². The summed E-state index contributed by atoms with van der Waals surface area (Å²) in [5, 5.41) is 0. The zero-order valence-electron chi connectivity index (χ0n) is 15.5. The van der Waals surface area contributed by atoms with Crippen molar-refractivity contribution in [2.75, 3.05) is 19.6 Å². The Balaban J connectivity index is 1.33. The number of likely N-dealkylation sites (tertiary alicyclic amines) is 2. The highest BCUT2D eigenvalue weighted by molar-refractivity contribution is 5.80. The predicted molar refractivity (Wildman–Crippen MR) is 103 cm³/mol. The van der Waals surface area contributed by atoms with Crippen molar-refractivity contribution < 1.29 is 9.59 Å². The van der Waals surface area contributed by atoms with Crippen LogP contribution in [0.4, 0.5) is 0 Å². The molecule has 2 aromatic rings. The molecular formula is C22H25N3O2. The predicted octanol–water partition coefficient (Wildman–Crippen LogP) is 2.67. The van der Waals surface area contributed by atoms with Gasteiger partial charge in [-0.1, -0.05) is 36.4 Å². The van der Waals surface area contributed by atoms with Crippen molar-refractivity contribution in [1.82, 2.24) is 14.8 Å². The minimum Gasteiger partial charge on any atom is -0.342 e. The lowest BCUT2D eigenvalue weighted by Gasteiger charge is -2.39. The van der Waals surface area contributed by atoms with E-state index in [1.807, 2.05) is 58.5 Å². The third-order valence-electron chi connectivity index (χ3n) is 5.88. The second-order valence-corrected chi connectivity index (χ2v) is 7.83. The number of nitrogens with zero attached hydrogens (tertiary/aromatic N) is 3. The first-order valence-corrected chi connectivity index (χ1v) is 9.62. The van der Waals surface area contributed by atoms with Gasteiger partial charge in [-0.3, -0.25) is 14.6 Å². The number of amides is 2. The molecule has 5 nitrogen and oxygen atoms in total. The van der Waals surface area contributed by atoms with Crippen molar-refractivity contribution in [3.8, 4) is 0 Å². The molecule has 2 aliphatic heterocycles. The third kappa shape index (κ3) is 4.02. The number of rotatable bonds is 4. The highest BCUT2D eigenvalue weighted by Gasteiger charge is 2.45. The number of carbonyl (C=O) groups excluding carboxylic acids is 2. The van der Waals surface area contributed by atoms with E-state index >= 15 is 0 Å². The highest BCUT2D eigenvalue weighted by Crippen LogP contribution is 2.41. The van der Waals surface area contributed by atoms with E-state index in [4.69, 9.17) is 0 Å². The van der Waals surface area contributed by atoms with Crippen molar-refractivity contribution in [3.63, 3.8) is 0 Å². The summed E-state index contributed by atoms with van der Waals surface area (Å²) < 4.78 is 0. The Hall–Kier alpha value is -2.69. The number of pyridine rings is 1. The van der Waals surface area contributed by atoms with E-state index in [9.17, 15) is 9.59 Å². The molecule has 0 N–H and O–H groups in total. The van der Waals surface area contributed by atoms with Gasteiger partial charge in [0.25, 0.3) is 0 Å². The molecule has 0 radical (unpaired) electrons. The van der Waals surface area contributed by atoms with E-state index in [0.29, 0.717) is 19.4 Å². The van der Waals surface area contributed by atoms with Crippen LogP contribution in [0.2, 0.25) is 0 Å². The SMILES string of the molecule is O=C(Cc1ccccc1)N1CCC2(CC1)CC(=O)N(Cc1cccnc1)C2. The molecule has 2 fully saturated rings. The zero-order chi connectivity index (χ0) is 18.7.